The Labute approximate surface area is 165 Å². The average Bonchev–Trinajstić information content (AvgIpc) is 3.22. The Hall–Kier alpha value is -3.45. The lowest BCUT2D eigenvalue weighted by atomic mass is 10.0. The predicted octanol–water partition coefficient (Wildman–Crippen LogP) is 5.42. The first-order valence-corrected chi connectivity index (χ1v) is 9.54. The fourth-order valence-electron chi connectivity index (χ4n) is 3.21. The normalized spacial score (nSPS) is 12.0. The van der Waals surface area contributed by atoms with Gasteiger partial charge in [-0.15, -0.1) is 11.3 Å². The number of benzene rings is 2. The lowest BCUT2D eigenvalue weighted by Crippen LogP contribution is -2.13. The summed E-state index contributed by atoms with van der Waals surface area (Å²) in [6.07, 6.45) is 1.63. The lowest BCUT2D eigenvalue weighted by Gasteiger charge is -2.21. The third-order valence-corrected chi connectivity index (χ3v) is 5.50. The molecule has 6 nitrogen and oxygen atoms in total. The van der Waals surface area contributed by atoms with Gasteiger partial charge in [0.25, 0.3) is 5.69 Å². The highest BCUT2D eigenvalue weighted by atomic mass is 32.1. The van der Waals surface area contributed by atoms with Gasteiger partial charge in [-0.2, -0.15) is 0 Å². The van der Waals surface area contributed by atoms with E-state index in [2.05, 4.69) is 10.3 Å². The van der Waals surface area contributed by atoms with E-state index in [1.54, 1.807) is 12.3 Å². The second kappa shape index (κ2) is 7.28. The number of hydrogen-bond donors (Lipinski definition) is 2. The molecule has 1 unspecified atom stereocenters. The monoisotopic (exact) mass is 391 g/mol. The molecular formula is C21H17N3O3S. The topological polar surface area (TPSA) is 88.3 Å². The van der Waals surface area contributed by atoms with Crippen molar-refractivity contribution in [2.75, 3.05) is 5.32 Å². The maximum absolute atomic E-state index is 11.5. The van der Waals surface area contributed by atoms with E-state index < -0.39 is 11.0 Å². The van der Waals surface area contributed by atoms with Crippen LogP contribution in [0.4, 0.5) is 11.4 Å². The molecule has 2 aromatic heterocycles. The molecule has 0 fully saturated rings. The van der Waals surface area contributed by atoms with Crippen LogP contribution in [0.15, 0.2) is 66.2 Å². The number of phenolic OH excluding ortho intramolecular Hbond substituents is 1. The van der Waals surface area contributed by atoms with Crippen molar-refractivity contribution >= 4 is 33.6 Å². The Morgan fingerprint density at radius 1 is 1.18 bits per heavy atom. The molecule has 140 valence electrons. The van der Waals surface area contributed by atoms with Crippen LogP contribution in [0, 0.1) is 17.0 Å². The van der Waals surface area contributed by atoms with Crippen LogP contribution in [-0.4, -0.2) is 15.0 Å². The molecule has 0 saturated carbocycles. The van der Waals surface area contributed by atoms with E-state index in [9.17, 15) is 15.2 Å². The van der Waals surface area contributed by atoms with E-state index in [0.717, 1.165) is 15.8 Å². The number of aromatic hydroxyl groups is 1. The number of aromatic nitrogens is 1. The van der Waals surface area contributed by atoms with Crippen molar-refractivity contribution in [3.05, 3.63) is 92.3 Å². The summed E-state index contributed by atoms with van der Waals surface area (Å²) in [5.74, 6) is 0.0683. The van der Waals surface area contributed by atoms with Gasteiger partial charge in [0.15, 0.2) is 0 Å². The molecule has 0 saturated heterocycles. The molecular weight excluding hydrogens is 374 g/mol. The number of aryl methyl sites for hydroxylation is 1. The van der Waals surface area contributed by atoms with Gasteiger partial charge in [-0.3, -0.25) is 15.1 Å². The van der Waals surface area contributed by atoms with Gasteiger partial charge in [-0.25, -0.2) is 0 Å². The van der Waals surface area contributed by atoms with E-state index in [-0.39, 0.29) is 11.4 Å². The summed E-state index contributed by atoms with van der Waals surface area (Å²) in [7, 11) is 0. The summed E-state index contributed by atoms with van der Waals surface area (Å²) >= 11 is 1.51. The molecule has 0 aliphatic heterocycles. The molecule has 2 N–H and O–H groups in total. The maximum Gasteiger partial charge on any atom is 0.292 e. The van der Waals surface area contributed by atoms with Crippen LogP contribution in [0.25, 0.3) is 10.9 Å². The van der Waals surface area contributed by atoms with Gasteiger partial charge < -0.3 is 10.4 Å². The zero-order valence-electron chi connectivity index (χ0n) is 15.0. The number of pyridine rings is 1. The molecule has 0 radical (unpaired) electrons. The van der Waals surface area contributed by atoms with Crippen LogP contribution in [-0.2, 0) is 0 Å². The molecule has 1 atom stereocenters. The Kier molecular flexibility index (Phi) is 4.67. The summed E-state index contributed by atoms with van der Waals surface area (Å²) in [6, 6.07) is 15.9. The highest BCUT2D eigenvalue weighted by Gasteiger charge is 2.24. The Balaban J connectivity index is 1.85. The fourth-order valence-corrected chi connectivity index (χ4v) is 4.00. The molecule has 2 aromatic carbocycles. The molecule has 0 aliphatic carbocycles. The number of rotatable bonds is 5. The summed E-state index contributed by atoms with van der Waals surface area (Å²) < 4.78 is 0. The molecule has 4 rings (SSSR count). The van der Waals surface area contributed by atoms with Gasteiger partial charge in [0.05, 0.1) is 11.0 Å². The van der Waals surface area contributed by atoms with E-state index in [1.807, 2.05) is 54.8 Å². The van der Waals surface area contributed by atoms with Gasteiger partial charge in [0, 0.05) is 28.1 Å². The summed E-state index contributed by atoms with van der Waals surface area (Å²) in [4.78, 5) is 16.3. The van der Waals surface area contributed by atoms with Crippen molar-refractivity contribution in [1.29, 1.82) is 0 Å². The van der Waals surface area contributed by atoms with Gasteiger partial charge in [-0.1, -0.05) is 30.3 Å². The number of fused-ring (bicyclic) bond motifs is 1. The first-order valence-electron chi connectivity index (χ1n) is 8.66. The minimum Gasteiger partial charge on any atom is -0.505 e. The second-order valence-electron chi connectivity index (χ2n) is 6.45. The van der Waals surface area contributed by atoms with E-state index in [0.29, 0.717) is 16.8 Å². The van der Waals surface area contributed by atoms with Gasteiger partial charge in [0.1, 0.15) is 17.0 Å². The highest BCUT2D eigenvalue weighted by Crippen LogP contribution is 2.39. The number of anilines is 1. The minimum absolute atomic E-state index is 0.0000370. The molecule has 2 heterocycles. The average molecular weight is 391 g/mol. The number of hydrogen-bond acceptors (Lipinski definition) is 6. The Morgan fingerprint density at radius 3 is 2.79 bits per heavy atom. The SMILES string of the molecule is Cc1ccc(NC(c2cccs2)c2ccc3cccnc3c2O)c([N+](=O)[O-])c1. The first-order chi connectivity index (χ1) is 13.5. The van der Waals surface area contributed by atoms with Crippen LogP contribution >= 0.6 is 11.3 Å². The Bertz CT molecular complexity index is 1160. The summed E-state index contributed by atoms with van der Waals surface area (Å²) in [5, 5.41) is 28.4. The third kappa shape index (κ3) is 3.27. The van der Waals surface area contributed by atoms with Crippen LogP contribution in [0.5, 0.6) is 5.75 Å². The Morgan fingerprint density at radius 2 is 2.04 bits per heavy atom. The van der Waals surface area contributed by atoms with Gasteiger partial charge in [-0.05, 0) is 36.1 Å². The van der Waals surface area contributed by atoms with Crippen molar-refractivity contribution in [3.63, 3.8) is 0 Å². The quantitative estimate of drug-likeness (QED) is 0.350. The highest BCUT2D eigenvalue weighted by molar-refractivity contribution is 7.10. The molecule has 4 aromatic rings. The number of phenols is 1. The van der Waals surface area contributed by atoms with Crippen LogP contribution < -0.4 is 5.32 Å². The largest absolute Gasteiger partial charge is 0.505 e. The van der Waals surface area contributed by atoms with E-state index in [4.69, 9.17) is 0 Å². The first kappa shape index (κ1) is 17.9. The molecule has 0 amide bonds. The van der Waals surface area contributed by atoms with Crippen molar-refractivity contribution in [2.24, 2.45) is 0 Å². The zero-order valence-corrected chi connectivity index (χ0v) is 15.8. The molecule has 0 spiro atoms. The molecule has 28 heavy (non-hydrogen) atoms. The lowest BCUT2D eigenvalue weighted by molar-refractivity contribution is -0.384. The number of nitrogens with one attached hydrogen (secondary N) is 1. The van der Waals surface area contributed by atoms with Gasteiger partial charge >= 0.3 is 0 Å². The van der Waals surface area contributed by atoms with Crippen molar-refractivity contribution in [3.8, 4) is 5.75 Å². The number of thiophene rings is 1. The third-order valence-electron chi connectivity index (χ3n) is 4.57. The second-order valence-corrected chi connectivity index (χ2v) is 7.43. The van der Waals surface area contributed by atoms with Crippen molar-refractivity contribution in [1.82, 2.24) is 4.98 Å². The predicted molar refractivity (Wildman–Crippen MR) is 111 cm³/mol. The number of nitrogens with zero attached hydrogens (tertiary/aromatic N) is 2. The number of nitro groups is 1. The molecule has 0 bridgehead atoms. The summed E-state index contributed by atoms with van der Waals surface area (Å²) in [5.41, 5.74) is 2.32. The maximum atomic E-state index is 11.5. The standard InChI is InChI=1S/C21H17N3O3S/c1-13-6-9-16(17(12-13)24(26)27)23-20(18-5-3-11-28-18)15-8-7-14-4-2-10-22-19(14)21(15)25/h2-12,20,23,25H,1H3. The van der Waals surface area contributed by atoms with Crippen LogP contribution in [0.3, 0.4) is 0 Å². The summed E-state index contributed by atoms with van der Waals surface area (Å²) in [6.45, 7) is 1.81. The van der Waals surface area contributed by atoms with E-state index in [1.165, 1.54) is 17.4 Å². The zero-order chi connectivity index (χ0) is 19.7. The smallest absolute Gasteiger partial charge is 0.292 e. The van der Waals surface area contributed by atoms with Crippen molar-refractivity contribution in [2.45, 2.75) is 13.0 Å². The van der Waals surface area contributed by atoms with Crippen LogP contribution in [0.2, 0.25) is 0 Å². The minimum atomic E-state index is -0.451. The molecule has 7 heteroatoms. The fraction of sp³-hybridized carbons (Fsp3) is 0.0952. The van der Waals surface area contributed by atoms with E-state index >= 15 is 0 Å². The van der Waals surface area contributed by atoms with Crippen molar-refractivity contribution < 1.29 is 10.0 Å². The van der Waals surface area contributed by atoms with Crippen LogP contribution in [0.1, 0.15) is 22.0 Å². The number of nitro benzene ring substituents is 1. The van der Waals surface area contributed by atoms with Gasteiger partial charge in [0.2, 0.25) is 0 Å². The molecule has 0 aliphatic rings.